The van der Waals surface area contributed by atoms with Gasteiger partial charge in [0, 0.05) is 29.2 Å². The number of nitrogens with one attached hydrogen (secondary N) is 2. The SMILES string of the molecule is Cc1ccc(N2CCSC(C(O)C(=O)Nc3ccc(-c4noc(=O)[nH]4)cc3)C2=O)cc1. The molecular formula is C21H20N4O5S. The number of carbonyl (C=O) groups is 2. The second-order valence-electron chi connectivity index (χ2n) is 7.07. The molecule has 9 nitrogen and oxygen atoms in total. The van der Waals surface area contributed by atoms with Gasteiger partial charge in [-0.2, -0.15) is 0 Å². The molecule has 10 heteroatoms. The number of anilines is 2. The number of carbonyl (C=O) groups excluding carboxylic acids is 2. The average Bonchev–Trinajstić information content (AvgIpc) is 3.21. The molecule has 3 N–H and O–H groups in total. The molecule has 0 bridgehead atoms. The van der Waals surface area contributed by atoms with Gasteiger partial charge in [-0.05, 0) is 43.3 Å². The van der Waals surface area contributed by atoms with E-state index in [0.29, 0.717) is 23.5 Å². The number of aromatic amines is 1. The summed E-state index contributed by atoms with van der Waals surface area (Å²) in [4.78, 5) is 40.6. The van der Waals surface area contributed by atoms with Crippen molar-refractivity contribution in [3.05, 3.63) is 64.6 Å². The van der Waals surface area contributed by atoms with E-state index in [1.807, 2.05) is 31.2 Å². The lowest BCUT2D eigenvalue weighted by Crippen LogP contribution is -2.51. The molecule has 2 heterocycles. The Bertz CT molecular complexity index is 1140. The van der Waals surface area contributed by atoms with Crippen LogP contribution in [0, 0.1) is 6.92 Å². The number of aliphatic hydroxyl groups is 1. The Morgan fingerprint density at radius 2 is 1.94 bits per heavy atom. The quantitative estimate of drug-likeness (QED) is 0.552. The zero-order valence-corrected chi connectivity index (χ0v) is 17.4. The number of amides is 2. The van der Waals surface area contributed by atoms with Crippen LogP contribution in [0.2, 0.25) is 0 Å². The van der Waals surface area contributed by atoms with Gasteiger partial charge in [0.25, 0.3) is 5.91 Å². The minimum atomic E-state index is -1.50. The third kappa shape index (κ3) is 4.54. The second-order valence-corrected chi connectivity index (χ2v) is 8.32. The molecule has 0 spiro atoms. The van der Waals surface area contributed by atoms with E-state index in [2.05, 4.69) is 20.0 Å². The van der Waals surface area contributed by atoms with Gasteiger partial charge in [-0.3, -0.25) is 19.1 Å². The lowest BCUT2D eigenvalue weighted by atomic mass is 10.1. The van der Waals surface area contributed by atoms with Gasteiger partial charge >= 0.3 is 5.76 Å². The third-order valence-electron chi connectivity index (χ3n) is 4.89. The van der Waals surface area contributed by atoms with Gasteiger partial charge in [-0.15, -0.1) is 11.8 Å². The van der Waals surface area contributed by atoms with Crippen LogP contribution in [0.1, 0.15) is 5.56 Å². The summed E-state index contributed by atoms with van der Waals surface area (Å²) >= 11 is 1.27. The van der Waals surface area contributed by atoms with Crippen molar-refractivity contribution in [2.24, 2.45) is 0 Å². The van der Waals surface area contributed by atoms with E-state index in [0.717, 1.165) is 11.3 Å². The van der Waals surface area contributed by atoms with E-state index in [1.165, 1.54) is 11.8 Å². The number of hydrogen-bond donors (Lipinski definition) is 3. The van der Waals surface area contributed by atoms with E-state index in [4.69, 9.17) is 0 Å². The predicted molar refractivity (Wildman–Crippen MR) is 117 cm³/mol. The summed E-state index contributed by atoms with van der Waals surface area (Å²) in [7, 11) is 0. The Hall–Kier alpha value is -3.37. The Morgan fingerprint density at radius 3 is 2.58 bits per heavy atom. The molecule has 2 aromatic carbocycles. The highest BCUT2D eigenvalue weighted by molar-refractivity contribution is 8.00. The number of H-pyrrole nitrogens is 1. The molecule has 31 heavy (non-hydrogen) atoms. The number of thioether (sulfide) groups is 1. The maximum atomic E-state index is 12.9. The predicted octanol–water partition coefficient (Wildman–Crippen LogP) is 1.79. The molecule has 1 fully saturated rings. The first-order chi connectivity index (χ1) is 14.9. The molecule has 2 unspecified atom stereocenters. The summed E-state index contributed by atoms with van der Waals surface area (Å²) in [6, 6.07) is 14.0. The number of aryl methyl sites for hydroxylation is 1. The van der Waals surface area contributed by atoms with Gasteiger partial charge in [0.15, 0.2) is 11.9 Å². The fourth-order valence-electron chi connectivity index (χ4n) is 3.23. The zero-order chi connectivity index (χ0) is 22.0. The third-order valence-corrected chi connectivity index (χ3v) is 6.13. The van der Waals surface area contributed by atoms with Crippen molar-refractivity contribution in [2.45, 2.75) is 18.3 Å². The van der Waals surface area contributed by atoms with E-state index in [1.54, 1.807) is 29.2 Å². The first-order valence-electron chi connectivity index (χ1n) is 9.57. The number of rotatable bonds is 5. The smallest absolute Gasteiger partial charge is 0.382 e. The maximum absolute atomic E-state index is 12.9. The number of benzene rings is 2. The molecule has 0 radical (unpaired) electrons. The van der Waals surface area contributed by atoms with Crippen molar-refractivity contribution in [2.75, 3.05) is 22.5 Å². The summed E-state index contributed by atoms with van der Waals surface area (Å²) in [5, 5.41) is 15.9. The molecule has 1 aliphatic rings. The van der Waals surface area contributed by atoms with Crippen LogP contribution in [-0.2, 0) is 9.59 Å². The summed E-state index contributed by atoms with van der Waals surface area (Å²) < 4.78 is 4.47. The fraction of sp³-hybridized carbons (Fsp3) is 0.238. The summed E-state index contributed by atoms with van der Waals surface area (Å²) in [6.45, 7) is 2.48. The highest BCUT2D eigenvalue weighted by atomic mass is 32.2. The van der Waals surface area contributed by atoms with Crippen molar-refractivity contribution in [1.29, 1.82) is 0 Å². The first kappa shape index (κ1) is 20.9. The molecule has 0 saturated carbocycles. The summed E-state index contributed by atoms with van der Waals surface area (Å²) in [6.07, 6.45) is -1.50. The van der Waals surface area contributed by atoms with Crippen LogP contribution in [0.5, 0.6) is 0 Å². The van der Waals surface area contributed by atoms with Gasteiger partial charge in [-0.1, -0.05) is 22.9 Å². The van der Waals surface area contributed by atoms with Gasteiger partial charge in [0.05, 0.1) is 0 Å². The molecule has 160 valence electrons. The Morgan fingerprint density at radius 1 is 1.23 bits per heavy atom. The number of aromatic nitrogens is 2. The fourth-order valence-corrected chi connectivity index (χ4v) is 4.35. The van der Waals surface area contributed by atoms with Crippen molar-refractivity contribution in [3.8, 4) is 11.4 Å². The summed E-state index contributed by atoms with van der Waals surface area (Å²) in [5.74, 6) is -0.750. The minimum Gasteiger partial charge on any atom is -0.382 e. The van der Waals surface area contributed by atoms with Crippen molar-refractivity contribution in [1.82, 2.24) is 10.1 Å². The van der Waals surface area contributed by atoms with Gasteiger partial charge in [0.2, 0.25) is 5.91 Å². The standard InChI is InChI=1S/C21H20N4O5S/c1-12-2-8-15(9-3-12)25-10-11-31-17(20(25)28)16(26)19(27)22-14-6-4-13(5-7-14)18-23-21(29)30-24-18/h2-9,16-17,26H,10-11H2,1H3,(H,22,27)(H,23,24,29). The zero-order valence-electron chi connectivity index (χ0n) is 16.6. The van der Waals surface area contributed by atoms with Crippen LogP contribution in [0.3, 0.4) is 0 Å². The lowest BCUT2D eigenvalue weighted by Gasteiger charge is -2.33. The van der Waals surface area contributed by atoms with Crippen molar-refractivity contribution in [3.63, 3.8) is 0 Å². The molecule has 2 atom stereocenters. The van der Waals surface area contributed by atoms with Crippen LogP contribution < -0.4 is 16.0 Å². The van der Waals surface area contributed by atoms with E-state index in [9.17, 15) is 19.5 Å². The topological polar surface area (TPSA) is 129 Å². The van der Waals surface area contributed by atoms with Crippen molar-refractivity contribution < 1.29 is 19.2 Å². The Balaban J connectivity index is 1.43. The van der Waals surface area contributed by atoms with Gasteiger partial charge in [-0.25, -0.2) is 4.79 Å². The van der Waals surface area contributed by atoms with E-state index >= 15 is 0 Å². The normalized spacial score (nSPS) is 17.4. The molecular weight excluding hydrogens is 420 g/mol. The summed E-state index contributed by atoms with van der Waals surface area (Å²) in [5.41, 5.74) is 2.85. The maximum Gasteiger partial charge on any atom is 0.439 e. The highest BCUT2D eigenvalue weighted by Crippen LogP contribution is 2.28. The number of aliphatic hydroxyl groups excluding tert-OH is 1. The molecule has 2 amide bonds. The van der Waals surface area contributed by atoms with E-state index < -0.39 is 23.0 Å². The first-order valence-corrected chi connectivity index (χ1v) is 10.6. The number of nitrogens with zero attached hydrogens (tertiary/aromatic N) is 2. The lowest BCUT2D eigenvalue weighted by molar-refractivity contribution is -0.129. The highest BCUT2D eigenvalue weighted by Gasteiger charge is 2.38. The molecule has 3 aromatic rings. The van der Waals surface area contributed by atoms with Gasteiger partial charge in [0.1, 0.15) is 5.25 Å². The number of hydrogen-bond acceptors (Lipinski definition) is 7. The van der Waals surface area contributed by atoms with Crippen LogP contribution in [0.25, 0.3) is 11.4 Å². The minimum absolute atomic E-state index is 0.267. The second kappa shape index (κ2) is 8.78. The van der Waals surface area contributed by atoms with Gasteiger partial charge < -0.3 is 15.3 Å². The van der Waals surface area contributed by atoms with Crippen molar-refractivity contribution >= 4 is 35.0 Å². The van der Waals surface area contributed by atoms with Crippen LogP contribution in [0.15, 0.2) is 57.8 Å². The molecule has 4 rings (SSSR count). The van der Waals surface area contributed by atoms with Crippen LogP contribution in [-0.4, -0.2) is 50.7 Å². The monoisotopic (exact) mass is 440 g/mol. The Labute approximate surface area is 181 Å². The average molecular weight is 440 g/mol. The molecule has 1 aliphatic heterocycles. The van der Waals surface area contributed by atoms with E-state index in [-0.39, 0.29) is 11.7 Å². The molecule has 1 saturated heterocycles. The Kier molecular flexibility index (Phi) is 5.92. The largest absolute Gasteiger partial charge is 0.439 e. The molecule has 1 aromatic heterocycles. The van der Waals surface area contributed by atoms with Crippen LogP contribution in [0.4, 0.5) is 11.4 Å². The van der Waals surface area contributed by atoms with Crippen LogP contribution >= 0.6 is 11.8 Å². The molecule has 0 aliphatic carbocycles.